The van der Waals surface area contributed by atoms with Gasteiger partial charge in [0.1, 0.15) is 5.54 Å². The quantitative estimate of drug-likeness (QED) is 0.696. The van der Waals surface area contributed by atoms with Gasteiger partial charge in [-0.1, -0.05) is 6.08 Å². The molecule has 22 heavy (non-hydrogen) atoms. The van der Waals surface area contributed by atoms with Gasteiger partial charge in [0.25, 0.3) is 0 Å². The van der Waals surface area contributed by atoms with E-state index >= 15 is 0 Å². The van der Waals surface area contributed by atoms with Crippen molar-refractivity contribution < 1.29 is 13.2 Å². The van der Waals surface area contributed by atoms with Crippen LogP contribution < -0.4 is 0 Å². The SMILES string of the molecule is C=CCN1CCN(C)C2(CCN(S(=O)(=O)C3CC3)CC2)C1=O. The summed E-state index contributed by atoms with van der Waals surface area (Å²) in [5.41, 5.74) is -0.531. The fraction of sp³-hybridized carbons (Fsp3) is 0.800. The van der Waals surface area contributed by atoms with Gasteiger partial charge in [-0.25, -0.2) is 12.7 Å². The molecule has 0 aromatic carbocycles. The third-order valence-corrected chi connectivity index (χ3v) is 7.72. The molecule has 7 heteroatoms. The van der Waals surface area contributed by atoms with Crippen molar-refractivity contribution in [1.29, 1.82) is 0 Å². The number of carbonyl (C=O) groups is 1. The molecular formula is C15H25N3O3S. The summed E-state index contributed by atoms with van der Waals surface area (Å²) >= 11 is 0. The first kappa shape index (κ1) is 16.0. The summed E-state index contributed by atoms with van der Waals surface area (Å²) in [5, 5.41) is -0.168. The molecule has 3 rings (SSSR count). The monoisotopic (exact) mass is 327 g/mol. The molecule has 124 valence electrons. The van der Waals surface area contributed by atoms with Crippen LogP contribution in [0.2, 0.25) is 0 Å². The van der Waals surface area contributed by atoms with Crippen LogP contribution in [0.5, 0.6) is 0 Å². The van der Waals surface area contributed by atoms with Crippen LogP contribution in [0.25, 0.3) is 0 Å². The van der Waals surface area contributed by atoms with Gasteiger partial charge in [-0.2, -0.15) is 0 Å². The average molecular weight is 327 g/mol. The summed E-state index contributed by atoms with van der Waals surface area (Å²) in [7, 11) is -1.15. The first-order valence-electron chi connectivity index (χ1n) is 8.02. The van der Waals surface area contributed by atoms with Gasteiger partial charge < -0.3 is 4.90 Å². The molecule has 0 aromatic rings. The van der Waals surface area contributed by atoms with E-state index in [4.69, 9.17) is 0 Å². The Hall–Kier alpha value is -0.920. The van der Waals surface area contributed by atoms with E-state index in [2.05, 4.69) is 11.5 Å². The second kappa shape index (κ2) is 5.62. The van der Waals surface area contributed by atoms with Crippen LogP contribution in [-0.4, -0.2) is 79.0 Å². The fourth-order valence-electron chi connectivity index (χ4n) is 3.66. The summed E-state index contributed by atoms with van der Waals surface area (Å²) in [5.74, 6) is 0.129. The van der Waals surface area contributed by atoms with E-state index < -0.39 is 15.6 Å². The van der Waals surface area contributed by atoms with E-state index in [0.29, 0.717) is 39.0 Å². The van der Waals surface area contributed by atoms with Crippen LogP contribution in [-0.2, 0) is 14.8 Å². The van der Waals surface area contributed by atoms with Gasteiger partial charge in [0, 0.05) is 32.7 Å². The van der Waals surface area contributed by atoms with Crippen LogP contribution in [0.1, 0.15) is 25.7 Å². The van der Waals surface area contributed by atoms with Gasteiger partial charge in [-0.15, -0.1) is 6.58 Å². The first-order chi connectivity index (χ1) is 10.4. The number of carbonyl (C=O) groups excluding carboxylic acids is 1. The Balaban J connectivity index is 1.74. The van der Waals surface area contributed by atoms with Crippen molar-refractivity contribution in [2.45, 2.75) is 36.5 Å². The third-order valence-electron chi connectivity index (χ3n) is 5.33. The molecule has 0 atom stereocenters. The molecule has 0 aromatic heterocycles. The fourth-order valence-corrected chi connectivity index (χ4v) is 5.50. The molecule has 0 bridgehead atoms. The molecule has 6 nitrogen and oxygen atoms in total. The van der Waals surface area contributed by atoms with Gasteiger partial charge in [-0.3, -0.25) is 9.69 Å². The van der Waals surface area contributed by atoms with Crippen molar-refractivity contribution in [2.24, 2.45) is 0 Å². The van der Waals surface area contributed by atoms with Gasteiger partial charge in [0.05, 0.1) is 5.25 Å². The first-order valence-corrected chi connectivity index (χ1v) is 9.52. The molecule has 0 unspecified atom stereocenters. The highest BCUT2D eigenvalue weighted by Crippen LogP contribution is 2.37. The maximum absolute atomic E-state index is 12.9. The molecule has 1 saturated carbocycles. The van der Waals surface area contributed by atoms with E-state index in [1.54, 1.807) is 10.4 Å². The van der Waals surface area contributed by atoms with Crippen molar-refractivity contribution in [1.82, 2.24) is 14.1 Å². The number of nitrogens with zero attached hydrogens (tertiary/aromatic N) is 3. The molecule has 1 amide bonds. The summed E-state index contributed by atoms with van der Waals surface area (Å²) in [6, 6.07) is 0. The Kier molecular flexibility index (Phi) is 4.07. The van der Waals surface area contributed by atoms with Gasteiger partial charge in [0.15, 0.2) is 0 Å². The zero-order valence-electron chi connectivity index (χ0n) is 13.2. The molecule has 0 N–H and O–H groups in total. The lowest BCUT2D eigenvalue weighted by atomic mass is 9.83. The third kappa shape index (κ3) is 2.49. The van der Waals surface area contributed by atoms with Gasteiger partial charge in [-0.05, 0) is 32.7 Å². The number of hydrogen-bond acceptors (Lipinski definition) is 4. The maximum atomic E-state index is 12.9. The number of piperazine rings is 1. The molecule has 2 heterocycles. The van der Waals surface area contributed by atoms with Gasteiger partial charge >= 0.3 is 0 Å². The van der Waals surface area contributed by atoms with Crippen LogP contribution in [0, 0.1) is 0 Å². The van der Waals surface area contributed by atoms with Crippen LogP contribution in [0.15, 0.2) is 12.7 Å². The van der Waals surface area contributed by atoms with Gasteiger partial charge in [0.2, 0.25) is 15.9 Å². The van der Waals surface area contributed by atoms with E-state index in [-0.39, 0.29) is 11.2 Å². The standard InChI is InChI=1S/C15H25N3O3S/c1-3-8-17-12-11-16(2)15(14(17)19)6-9-18(10-7-15)22(20,21)13-4-5-13/h3,13H,1,4-12H2,2H3. The lowest BCUT2D eigenvalue weighted by Gasteiger charge is -2.51. The minimum Gasteiger partial charge on any atom is -0.336 e. The number of hydrogen-bond donors (Lipinski definition) is 0. The smallest absolute Gasteiger partial charge is 0.243 e. The predicted molar refractivity (Wildman–Crippen MR) is 84.9 cm³/mol. The van der Waals surface area contributed by atoms with Crippen molar-refractivity contribution in [3.63, 3.8) is 0 Å². The predicted octanol–water partition coefficient (Wildman–Crippen LogP) is 0.273. The van der Waals surface area contributed by atoms with Crippen LogP contribution >= 0.6 is 0 Å². The second-order valence-corrected chi connectivity index (χ2v) is 8.85. The highest BCUT2D eigenvalue weighted by atomic mass is 32.2. The molecule has 2 saturated heterocycles. The number of rotatable bonds is 4. The Bertz CT molecular complexity index is 563. The minimum atomic E-state index is -3.13. The average Bonchev–Trinajstić information content (AvgIpc) is 3.34. The Morgan fingerprint density at radius 3 is 2.41 bits per heavy atom. The summed E-state index contributed by atoms with van der Waals surface area (Å²) in [6.07, 6.45) is 4.50. The van der Waals surface area contributed by atoms with E-state index in [1.807, 2.05) is 11.9 Å². The molecule has 1 aliphatic carbocycles. The molecule has 3 fully saturated rings. The van der Waals surface area contributed by atoms with Crippen molar-refractivity contribution in [2.75, 3.05) is 39.8 Å². The molecular weight excluding hydrogens is 302 g/mol. The minimum absolute atomic E-state index is 0.129. The summed E-state index contributed by atoms with van der Waals surface area (Å²) in [6.45, 7) is 6.74. The van der Waals surface area contributed by atoms with Crippen LogP contribution in [0.4, 0.5) is 0 Å². The summed E-state index contributed by atoms with van der Waals surface area (Å²) in [4.78, 5) is 16.8. The zero-order chi connectivity index (χ0) is 16.0. The Morgan fingerprint density at radius 2 is 1.86 bits per heavy atom. The zero-order valence-corrected chi connectivity index (χ0v) is 14.0. The summed E-state index contributed by atoms with van der Waals surface area (Å²) < 4.78 is 26.3. The molecule has 1 spiro atoms. The normalized spacial score (nSPS) is 27.3. The molecule has 0 radical (unpaired) electrons. The number of sulfonamides is 1. The Labute approximate surface area is 132 Å². The van der Waals surface area contributed by atoms with E-state index in [0.717, 1.165) is 19.4 Å². The Morgan fingerprint density at radius 1 is 1.23 bits per heavy atom. The lowest BCUT2D eigenvalue weighted by molar-refractivity contribution is -0.152. The van der Waals surface area contributed by atoms with Crippen molar-refractivity contribution in [3.05, 3.63) is 12.7 Å². The van der Waals surface area contributed by atoms with Crippen molar-refractivity contribution >= 4 is 15.9 Å². The molecule has 3 aliphatic rings. The van der Waals surface area contributed by atoms with E-state index in [9.17, 15) is 13.2 Å². The second-order valence-electron chi connectivity index (χ2n) is 6.64. The highest BCUT2D eigenvalue weighted by molar-refractivity contribution is 7.90. The molecule has 2 aliphatic heterocycles. The lowest BCUT2D eigenvalue weighted by Crippen LogP contribution is -2.68. The number of piperidine rings is 1. The largest absolute Gasteiger partial charge is 0.336 e. The van der Waals surface area contributed by atoms with Crippen molar-refractivity contribution in [3.8, 4) is 0 Å². The van der Waals surface area contributed by atoms with Crippen LogP contribution in [0.3, 0.4) is 0 Å². The number of likely N-dealkylation sites (N-methyl/N-ethyl adjacent to an activating group) is 1. The highest BCUT2D eigenvalue weighted by Gasteiger charge is 2.51. The number of amides is 1. The topological polar surface area (TPSA) is 60.9 Å². The maximum Gasteiger partial charge on any atom is 0.243 e. The van der Waals surface area contributed by atoms with E-state index in [1.165, 1.54) is 0 Å².